The first-order chi connectivity index (χ1) is 10.3. The van der Waals surface area contributed by atoms with Gasteiger partial charge in [-0.15, -0.1) is 24.0 Å². The van der Waals surface area contributed by atoms with E-state index in [4.69, 9.17) is 0 Å². The summed E-state index contributed by atoms with van der Waals surface area (Å²) < 4.78 is 2.27. The van der Waals surface area contributed by atoms with Crippen molar-refractivity contribution >= 4 is 41.0 Å². The van der Waals surface area contributed by atoms with Gasteiger partial charge >= 0.3 is 0 Å². The van der Waals surface area contributed by atoms with Gasteiger partial charge in [0.05, 0.1) is 11.0 Å². The Morgan fingerprint density at radius 2 is 1.86 bits per heavy atom. The average molecular weight is 415 g/mol. The van der Waals surface area contributed by atoms with Crippen molar-refractivity contribution in [2.75, 3.05) is 19.6 Å². The van der Waals surface area contributed by atoms with Gasteiger partial charge in [0.25, 0.3) is 0 Å². The second-order valence-corrected chi connectivity index (χ2v) is 4.94. The van der Waals surface area contributed by atoms with Crippen LogP contribution in [-0.2, 0) is 6.54 Å². The van der Waals surface area contributed by atoms with Crippen molar-refractivity contribution in [2.45, 2.75) is 33.7 Å². The summed E-state index contributed by atoms with van der Waals surface area (Å²) >= 11 is 0. The molecule has 2 rings (SSSR count). The van der Waals surface area contributed by atoms with Gasteiger partial charge in [0, 0.05) is 26.2 Å². The lowest BCUT2D eigenvalue weighted by Gasteiger charge is -2.09. The minimum atomic E-state index is 0. The van der Waals surface area contributed by atoms with Crippen LogP contribution in [0, 0.1) is 6.92 Å². The van der Waals surface area contributed by atoms with Crippen molar-refractivity contribution in [2.24, 2.45) is 4.99 Å². The van der Waals surface area contributed by atoms with Gasteiger partial charge in [-0.05, 0) is 39.3 Å². The van der Waals surface area contributed by atoms with E-state index < -0.39 is 0 Å². The minimum absolute atomic E-state index is 0. The molecule has 1 heterocycles. The van der Waals surface area contributed by atoms with Gasteiger partial charge in [-0.1, -0.05) is 12.1 Å². The third kappa shape index (κ3) is 4.86. The molecule has 2 N–H and O–H groups in total. The van der Waals surface area contributed by atoms with Crippen LogP contribution in [0.4, 0.5) is 0 Å². The summed E-state index contributed by atoms with van der Waals surface area (Å²) in [5.74, 6) is 1.96. The van der Waals surface area contributed by atoms with E-state index in [1.165, 1.54) is 5.52 Å². The van der Waals surface area contributed by atoms with Crippen LogP contribution in [0.5, 0.6) is 0 Å². The van der Waals surface area contributed by atoms with E-state index >= 15 is 0 Å². The normalized spacial score (nSPS) is 10.1. The van der Waals surface area contributed by atoms with Crippen LogP contribution in [0.2, 0.25) is 0 Å². The van der Waals surface area contributed by atoms with Gasteiger partial charge in [-0.3, -0.25) is 4.99 Å². The van der Waals surface area contributed by atoms with Gasteiger partial charge in [-0.25, -0.2) is 4.98 Å². The molecule has 0 aliphatic carbocycles. The van der Waals surface area contributed by atoms with E-state index in [9.17, 15) is 0 Å². The van der Waals surface area contributed by atoms with Crippen LogP contribution < -0.4 is 10.6 Å². The van der Waals surface area contributed by atoms with E-state index in [-0.39, 0.29) is 24.0 Å². The first kappa shape index (κ1) is 18.7. The molecule has 0 unspecified atom stereocenters. The number of rotatable bonds is 6. The summed E-state index contributed by atoms with van der Waals surface area (Å²) in [5, 5.41) is 6.48. The number of fused-ring (bicyclic) bond motifs is 1. The summed E-state index contributed by atoms with van der Waals surface area (Å²) in [6.45, 7) is 9.74. The second kappa shape index (κ2) is 9.66. The Kier molecular flexibility index (Phi) is 8.22. The molecular weight excluding hydrogens is 389 g/mol. The SMILES string of the molecule is CCNC(=NCCCn1c(C)nc2ccccc21)NCC.I. The van der Waals surface area contributed by atoms with Gasteiger partial charge < -0.3 is 15.2 Å². The van der Waals surface area contributed by atoms with Crippen LogP contribution >= 0.6 is 24.0 Å². The number of aliphatic imine (C=N–C) groups is 1. The van der Waals surface area contributed by atoms with Crippen molar-refractivity contribution in [3.63, 3.8) is 0 Å². The molecular formula is C16H26IN5. The zero-order valence-corrected chi connectivity index (χ0v) is 15.9. The average Bonchev–Trinajstić information content (AvgIpc) is 2.80. The highest BCUT2D eigenvalue weighted by atomic mass is 127. The smallest absolute Gasteiger partial charge is 0.191 e. The topological polar surface area (TPSA) is 54.2 Å². The number of imidazole rings is 1. The standard InChI is InChI=1S/C16H25N5.HI/c1-4-17-16(18-5-2)19-11-8-12-21-13(3)20-14-9-6-7-10-15(14)21;/h6-7,9-10H,4-5,8,11-12H2,1-3H3,(H2,17,18,19);1H. The number of benzene rings is 1. The van der Waals surface area contributed by atoms with Crippen molar-refractivity contribution in [1.29, 1.82) is 0 Å². The van der Waals surface area contributed by atoms with Crippen molar-refractivity contribution in [1.82, 2.24) is 20.2 Å². The van der Waals surface area contributed by atoms with Crippen LogP contribution in [0.25, 0.3) is 11.0 Å². The Balaban J connectivity index is 0.00000242. The van der Waals surface area contributed by atoms with Crippen molar-refractivity contribution < 1.29 is 0 Å². The minimum Gasteiger partial charge on any atom is -0.357 e. The van der Waals surface area contributed by atoms with E-state index in [0.717, 1.165) is 49.9 Å². The summed E-state index contributed by atoms with van der Waals surface area (Å²) in [7, 11) is 0. The quantitative estimate of drug-likeness (QED) is 0.330. The molecule has 0 amide bonds. The maximum absolute atomic E-state index is 4.59. The van der Waals surface area contributed by atoms with Crippen LogP contribution in [0.15, 0.2) is 29.3 Å². The molecule has 22 heavy (non-hydrogen) atoms. The molecule has 122 valence electrons. The molecule has 0 saturated heterocycles. The zero-order valence-electron chi connectivity index (χ0n) is 13.6. The number of nitrogens with zero attached hydrogens (tertiary/aromatic N) is 3. The summed E-state index contributed by atoms with van der Waals surface area (Å²) in [4.78, 5) is 9.16. The maximum atomic E-state index is 4.59. The number of guanidine groups is 1. The molecule has 0 aliphatic rings. The highest BCUT2D eigenvalue weighted by molar-refractivity contribution is 14.0. The monoisotopic (exact) mass is 415 g/mol. The van der Waals surface area contributed by atoms with Gasteiger partial charge in [0.1, 0.15) is 5.82 Å². The predicted molar refractivity (Wildman–Crippen MR) is 104 cm³/mol. The molecule has 0 bridgehead atoms. The Bertz CT molecular complexity index is 598. The Hall–Kier alpha value is -1.31. The number of para-hydroxylation sites is 2. The number of nitrogens with one attached hydrogen (secondary N) is 2. The van der Waals surface area contributed by atoms with Gasteiger partial charge in [-0.2, -0.15) is 0 Å². The third-order valence-electron chi connectivity index (χ3n) is 3.34. The fourth-order valence-corrected chi connectivity index (χ4v) is 2.41. The Morgan fingerprint density at radius 3 is 2.55 bits per heavy atom. The maximum Gasteiger partial charge on any atom is 0.191 e. The first-order valence-electron chi connectivity index (χ1n) is 7.70. The molecule has 6 heteroatoms. The molecule has 1 aromatic heterocycles. The first-order valence-corrected chi connectivity index (χ1v) is 7.70. The summed E-state index contributed by atoms with van der Waals surface area (Å²) in [6, 6.07) is 8.28. The molecule has 0 fully saturated rings. The molecule has 5 nitrogen and oxygen atoms in total. The van der Waals surface area contributed by atoms with Crippen LogP contribution in [0.1, 0.15) is 26.1 Å². The molecule has 0 radical (unpaired) electrons. The fraction of sp³-hybridized carbons (Fsp3) is 0.500. The summed E-state index contributed by atoms with van der Waals surface area (Å²) in [5.41, 5.74) is 2.28. The lowest BCUT2D eigenvalue weighted by Crippen LogP contribution is -2.37. The van der Waals surface area contributed by atoms with Crippen LogP contribution in [-0.4, -0.2) is 35.1 Å². The highest BCUT2D eigenvalue weighted by Gasteiger charge is 2.05. The number of halogens is 1. The van der Waals surface area contributed by atoms with Gasteiger partial charge in [0.15, 0.2) is 5.96 Å². The molecule has 0 aliphatic heterocycles. The number of hydrogen-bond donors (Lipinski definition) is 2. The lowest BCUT2D eigenvalue weighted by molar-refractivity contribution is 0.646. The largest absolute Gasteiger partial charge is 0.357 e. The summed E-state index contributed by atoms with van der Waals surface area (Å²) in [6.07, 6.45) is 1.00. The molecule has 0 spiro atoms. The molecule has 1 aromatic carbocycles. The van der Waals surface area contributed by atoms with Crippen molar-refractivity contribution in [3.8, 4) is 0 Å². The van der Waals surface area contributed by atoms with Crippen LogP contribution in [0.3, 0.4) is 0 Å². The predicted octanol–water partition coefficient (Wildman–Crippen LogP) is 2.93. The van der Waals surface area contributed by atoms with Gasteiger partial charge in [0.2, 0.25) is 0 Å². The Morgan fingerprint density at radius 1 is 1.18 bits per heavy atom. The lowest BCUT2D eigenvalue weighted by atomic mass is 10.3. The molecule has 0 saturated carbocycles. The third-order valence-corrected chi connectivity index (χ3v) is 3.34. The highest BCUT2D eigenvalue weighted by Crippen LogP contribution is 2.15. The van der Waals surface area contributed by atoms with E-state index in [1.807, 2.05) is 6.07 Å². The van der Waals surface area contributed by atoms with Crippen molar-refractivity contribution in [3.05, 3.63) is 30.1 Å². The van der Waals surface area contributed by atoms with E-state index in [0.29, 0.717) is 0 Å². The zero-order chi connectivity index (χ0) is 15.1. The number of hydrogen-bond acceptors (Lipinski definition) is 2. The fourth-order valence-electron chi connectivity index (χ4n) is 2.41. The molecule has 2 aromatic rings. The van der Waals surface area contributed by atoms with E-state index in [2.05, 4.69) is 64.1 Å². The van der Waals surface area contributed by atoms with E-state index in [1.54, 1.807) is 0 Å². The number of aromatic nitrogens is 2. The Labute approximate surface area is 149 Å². The number of aryl methyl sites for hydroxylation is 2. The molecule has 0 atom stereocenters. The second-order valence-electron chi connectivity index (χ2n) is 4.94.